The summed E-state index contributed by atoms with van der Waals surface area (Å²) < 4.78 is 0. The fourth-order valence-corrected chi connectivity index (χ4v) is 3.36. The van der Waals surface area contributed by atoms with Crippen LogP contribution in [0.3, 0.4) is 0 Å². The van der Waals surface area contributed by atoms with E-state index in [1.807, 2.05) is 0 Å². The van der Waals surface area contributed by atoms with Gasteiger partial charge in [0.1, 0.15) is 5.01 Å². The molecule has 72 valence electrons. The quantitative estimate of drug-likeness (QED) is 0.653. The van der Waals surface area contributed by atoms with E-state index in [9.17, 15) is 0 Å². The molecule has 1 aromatic heterocycles. The molecule has 0 saturated heterocycles. The molecule has 0 aromatic carbocycles. The van der Waals surface area contributed by atoms with Crippen LogP contribution in [0.25, 0.3) is 0 Å². The van der Waals surface area contributed by atoms with Gasteiger partial charge in [-0.15, -0.1) is 22.9 Å². The monoisotopic (exact) mass is 215 g/mol. The smallest absolute Gasteiger partial charge is 0.108 e. The van der Waals surface area contributed by atoms with Crippen molar-refractivity contribution in [1.82, 2.24) is 4.98 Å². The van der Waals surface area contributed by atoms with E-state index in [2.05, 4.69) is 18.8 Å². The van der Waals surface area contributed by atoms with E-state index in [0.717, 1.165) is 17.3 Å². The number of alkyl halides is 1. The summed E-state index contributed by atoms with van der Waals surface area (Å²) in [5.41, 5.74) is 1.31. The van der Waals surface area contributed by atoms with Crippen LogP contribution in [0.15, 0.2) is 0 Å². The highest BCUT2D eigenvalue weighted by Gasteiger charge is 2.24. The van der Waals surface area contributed by atoms with Gasteiger partial charge in [-0.25, -0.2) is 4.98 Å². The van der Waals surface area contributed by atoms with E-state index in [1.165, 1.54) is 17.0 Å². The van der Waals surface area contributed by atoms with Crippen LogP contribution in [-0.2, 0) is 12.3 Å². The number of halogens is 1. The van der Waals surface area contributed by atoms with Crippen molar-refractivity contribution in [3.8, 4) is 0 Å². The van der Waals surface area contributed by atoms with Gasteiger partial charge >= 0.3 is 0 Å². The van der Waals surface area contributed by atoms with Gasteiger partial charge in [0.2, 0.25) is 0 Å². The lowest BCUT2D eigenvalue weighted by Gasteiger charge is -2.22. The topological polar surface area (TPSA) is 12.9 Å². The minimum Gasteiger partial charge on any atom is -0.245 e. The zero-order valence-electron chi connectivity index (χ0n) is 8.01. The largest absolute Gasteiger partial charge is 0.245 e. The zero-order valence-corrected chi connectivity index (χ0v) is 9.58. The van der Waals surface area contributed by atoms with Crippen molar-refractivity contribution in [3.05, 3.63) is 15.6 Å². The van der Waals surface area contributed by atoms with Gasteiger partial charge < -0.3 is 0 Å². The van der Waals surface area contributed by atoms with Crippen LogP contribution in [-0.4, -0.2) is 4.98 Å². The highest BCUT2D eigenvalue weighted by atomic mass is 35.5. The first-order chi connectivity index (χ1) is 6.20. The zero-order chi connectivity index (χ0) is 9.42. The Morgan fingerprint density at radius 1 is 1.54 bits per heavy atom. The molecule has 0 bridgehead atoms. The van der Waals surface area contributed by atoms with E-state index >= 15 is 0 Å². The highest BCUT2D eigenvalue weighted by Crippen LogP contribution is 2.38. The van der Waals surface area contributed by atoms with Crippen LogP contribution in [0.2, 0.25) is 0 Å². The Morgan fingerprint density at radius 3 is 3.00 bits per heavy atom. The minimum absolute atomic E-state index is 0.568. The van der Waals surface area contributed by atoms with Crippen LogP contribution < -0.4 is 0 Å². The van der Waals surface area contributed by atoms with Crippen molar-refractivity contribution >= 4 is 22.9 Å². The van der Waals surface area contributed by atoms with Crippen molar-refractivity contribution in [2.75, 3.05) is 0 Å². The van der Waals surface area contributed by atoms with E-state index in [-0.39, 0.29) is 0 Å². The Balaban J connectivity index is 2.35. The molecule has 0 amide bonds. The third-order valence-corrected chi connectivity index (χ3v) is 4.37. The van der Waals surface area contributed by atoms with Crippen LogP contribution in [0, 0.1) is 5.92 Å². The lowest BCUT2D eigenvalue weighted by Crippen LogP contribution is -2.12. The molecule has 0 radical (unpaired) electrons. The Bertz CT molecular complexity index is 308. The van der Waals surface area contributed by atoms with Crippen molar-refractivity contribution in [2.24, 2.45) is 5.92 Å². The number of nitrogens with zero attached hydrogens (tertiary/aromatic N) is 1. The minimum atomic E-state index is 0.568. The summed E-state index contributed by atoms with van der Waals surface area (Å²) in [4.78, 5) is 6.04. The second-order valence-corrected chi connectivity index (χ2v) is 5.38. The van der Waals surface area contributed by atoms with E-state index in [1.54, 1.807) is 11.3 Å². The van der Waals surface area contributed by atoms with Crippen molar-refractivity contribution in [1.29, 1.82) is 0 Å². The summed E-state index contributed by atoms with van der Waals surface area (Å²) in [6.07, 6.45) is 2.45. The van der Waals surface area contributed by atoms with Crippen molar-refractivity contribution < 1.29 is 0 Å². The molecule has 1 heterocycles. The molecule has 2 unspecified atom stereocenters. The second kappa shape index (κ2) is 3.58. The number of fused-ring (bicyclic) bond motifs is 1. The summed E-state index contributed by atoms with van der Waals surface area (Å²) in [6.45, 7) is 4.60. The molecule has 1 nitrogen and oxygen atoms in total. The molecular weight excluding hydrogens is 202 g/mol. The molecule has 2 atom stereocenters. The summed E-state index contributed by atoms with van der Waals surface area (Å²) in [5, 5.41) is 1.09. The SMILES string of the molecule is CC1Cc2nc(CCl)sc2C(C)C1. The summed E-state index contributed by atoms with van der Waals surface area (Å²) in [6, 6.07) is 0. The molecule has 3 heteroatoms. The third-order valence-electron chi connectivity index (χ3n) is 2.63. The van der Waals surface area contributed by atoms with Crippen LogP contribution >= 0.6 is 22.9 Å². The normalized spacial score (nSPS) is 27.3. The summed E-state index contributed by atoms with van der Waals surface area (Å²) in [5.74, 6) is 2.04. The van der Waals surface area contributed by atoms with Crippen molar-refractivity contribution in [2.45, 2.75) is 38.5 Å². The predicted octanol–water partition coefficient (Wildman–Crippen LogP) is 3.57. The van der Waals surface area contributed by atoms with E-state index < -0.39 is 0 Å². The van der Waals surface area contributed by atoms with Gasteiger partial charge in [-0.1, -0.05) is 13.8 Å². The fraction of sp³-hybridized carbons (Fsp3) is 0.700. The van der Waals surface area contributed by atoms with Gasteiger partial charge in [-0.3, -0.25) is 0 Å². The molecule has 1 aliphatic rings. The lowest BCUT2D eigenvalue weighted by atomic mass is 9.86. The molecule has 2 rings (SSSR count). The number of aromatic nitrogens is 1. The van der Waals surface area contributed by atoms with Gasteiger partial charge in [0.25, 0.3) is 0 Å². The van der Waals surface area contributed by atoms with Gasteiger partial charge in [0, 0.05) is 4.88 Å². The number of rotatable bonds is 1. The molecule has 0 N–H and O–H groups in total. The lowest BCUT2D eigenvalue weighted by molar-refractivity contribution is 0.449. The number of hydrogen-bond donors (Lipinski definition) is 0. The third kappa shape index (κ3) is 1.75. The molecule has 0 aliphatic heterocycles. The number of hydrogen-bond acceptors (Lipinski definition) is 2. The molecule has 1 aliphatic carbocycles. The maximum absolute atomic E-state index is 5.78. The van der Waals surface area contributed by atoms with Gasteiger partial charge in [-0.2, -0.15) is 0 Å². The Hall–Kier alpha value is -0.0800. The highest BCUT2D eigenvalue weighted by molar-refractivity contribution is 7.12. The van der Waals surface area contributed by atoms with E-state index in [4.69, 9.17) is 11.6 Å². The fourth-order valence-electron chi connectivity index (χ4n) is 2.13. The first kappa shape index (κ1) is 9.47. The Kier molecular flexibility index (Phi) is 2.61. The predicted molar refractivity (Wildman–Crippen MR) is 57.6 cm³/mol. The van der Waals surface area contributed by atoms with Crippen LogP contribution in [0.1, 0.15) is 41.8 Å². The molecule has 13 heavy (non-hydrogen) atoms. The van der Waals surface area contributed by atoms with Crippen molar-refractivity contribution in [3.63, 3.8) is 0 Å². The average molecular weight is 216 g/mol. The molecule has 0 spiro atoms. The first-order valence-corrected chi connectivity index (χ1v) is 6.10. The maximum Gasteiger partial charge on any atom is 0.108 e. The summed E-state index contributed by atoms with van der Waals surface area (Å²) >= 11 is 7.58. The summed E-state index contributed by atoms with van der Waals surface area (Å²) in [7, 11) is 0. The van der Waals surface area contributed by atoms with E-state index in [0.29, 0.717) is 11.8 Å². The van der Waals surface area contributed by atoms with Gasteiger partial charge in [0.15, 0.2) is 0 Å². The Morgan fingerprint density at radius 2 is 2.31 bits per heavy atom. The molecule has 1 aromatic rings. The number of thiazole rings is 1. The average Bonchev–Trinajstić information content (AvgIpc) is 2.47. The Labute approximate surface area is 88.1 Å². The molecule has 0 fully saturated rings. The van der Waals surface area contributed by atoms with Gasteiger partial charge in [0.05, 0.1) is 11.6 Å². The first-order valence-electron chi connectivity index (χ1n) is 4.75. The van der Waals surface area contributed by atoms with Gasteiger partial charge in [-0.05, 0) is 24.7 Å². The second-order valence-electron chi connectivity index (χ2n) is 4.00. The molecule has 0 saturated carbocycles. The maximum atomic E-state index is 5.78. The standard InChI is InChI=1S/C10H14ClNS/c1-6-3-7(2)10-8(4-6)12-9(5-11)13-10/h6-7H,3-5H2,1-2H3. The van der Waals surface area contributed by atoms with Crippen LogP contribution in [0.5, 0.6) is 0 Å². The van der Waals surface area contributed by atoms with Crippen LogP contribution in [0.4, 0.5) is 0 Å². The molecular formula is C10H14ClNS.